The lowest BCUT2D eigenvalue weighted by Crippen LogP contribution is -1.94. The third-order valence-corrected chi connectivity index (χ3v) is 2.95. The molecular weight excluding hydrogens is 226 g/mol. The van der Waals surface area contributed by atoms with E-state index in [9.17, 15) is 0 Å². The average Bonchev–Trinajstić information content (AvgIpc) is 2.85. The van der Waals surface area contributed by atoms with Gasteiger partial charge in [-0.25, -0.2) is 9.50 Å². The quantitative estimate of drug-likeness (QED) is 0.690. The predicted octanol–water partition coefficient (Wildman–Crippen LogP) is 2.71. The molecule has 0 saturated heterocycles. The Morgan fingerprint density at radius 1 is 1.17 bits per heavy atom. The lowest BCUT2D eigenvalue weighted by atomic mass is 10.1. The van der Waals surface area contributed by atoms with Gasteiger partial charge in [0.1, 0.15) is 5.75 Å². The second-order valence-electron chi connectivity index (χ2n) is 4.13. The summed E-state index contributed by atoms with van der Waals surface area (Å²) < 4.78 is 7.03. The number of nitrogens with zero attached hydrogens (tertiary/aromatic N) is 3. The summed E-state index contributed by atoms with van der Waals surface area (Å²) in [5.74, 6) is 0.891. The van der Waals surface area contributed by atoms with E-state index >= 15 is 0 Å². The van der Waals surface area contributed by atoms with Gasteiger partial charge in [-0.3, -0.25) is 0 Å². The van der Waals surface area contributed by atoms with Crippen LogP contribution in [-0.4, -0.2) is 21.7 Å². The van der Waals surface area contributed by atoms with Crippen molar-refractivity contribution in [2.24, 2.45) is 0 Å². The Morgan fingerprint density at radius 2 is 2.06 bits per heavy atom. The van der Waals surface area contributed by atoms with Crippen molar-refractivity contribution in [3.05, 3.63) is 48.3 Å². The first-order valence-electron chi connectivity index (χ1n) is 5.73. The average molecular weight is 239 g/mol. The van der Waals surface area contributed by atoms with Crippen LogP contribution in [0.3, 0.4) is 0 Å². The molecule has 0 unspecified atom stereocenters. The Labute approximate surface area is 105 Å². The maximum absolute atomic E-state index is 5.26. The number of hydrogen-bond acceptors (Lipinski definition) is 3. The topological polar surface area (TPSA) is 39.4 Å². The molecule has 0 radical (unpaired) electrons. The summed E-state index contributed by atoms with van der Waals surface area (Å²) in [6, 6.07) is 9.98. The van der Waals surface area contributed by atoms with Crippen LogP contribution in [-0.2, 0) is 0 Å². The van der Waals surface area contributed by atoms with Crippen LogP contribution in [0.1, 0.15) is 5.56 Å². The van der Waals surface area contributed by atoms with Crippen LogP contribution in [0.5, 0.6) is 5.75 Å². The van der Waals surface area contributed by atoms with Crippen LogP contribution >= 0.6 is 0 Å². The highest BCUT2D eigenvalue weighted by atomic mass is 16.5. The second kappa shape index (κ2) is 4.14. The fourth-order valence-corrected chi connectivity index (χ4v) is 2.01. The van der Waals surface area contributed by atoms with Crippen LogP contribution in [0.4, 0.5) is 0 Å². The minimum Gasteiger partial charge on any atom is -0.496 e. The van der Waals surface area contributed by atoms with Gasteiger partial charge in [-0.15, -0.1) is 0 Å². The van der Waals surface area contributed by atoms with Crippen LogP contribution in [0.15, 0.2) is 42.7 Å². The number of hydrogen-bond donors (Lipinski definition) is 0. The second-order valence-corrected chi connectivity index (χ2v) is 4.13. The Bertz CT molecular complexity index is 703. The zero-order valence-electron chi connectivity index (χ0n) is 10.3. The van der Waals surface area contributed by atoms with Crippen molar-refractivity contribution >= 4 is 5.65 Å². The summed E-state index contributed by atoms with van der Waals surface area (Å²) in [5, 5.41) is 4.52. The summed E-state index contributed by atoms with van der Waals surface area (Å²) in [5.41, 5.74) is 3.95. The van der Waals surface area contributed by atoms with E-state index in [2.05, 4.69) is 16.1 Å². The van der Waals surface area contributed by atoms with Gasteiger partial charge in [0.15, 0.2) is 5.65 Å². The Hall–Kier alpha value is -2.36. The molecule has 90 valence electrons. The Balaban J connectivity index is 2.10. The van der Waals surface area contributed by atoms with Crippen molar-refractivity contribution in [2.75, 3.05) is 7.11 Å². The highest BCUT2D eigenvalue weighted by molar-refractivity contribution is 5.62. The molecule has 4 nitrogen and oxygen atoms in total. The maximum atomic E-state index is 5.26. The van der Waals surface area contributed by atoms with Crippen molar-refractivity contribution in [3.8, 4) is 17.0 Å². The molecule has 0 atom stereocenters. The molecule has 3 aromatic rings. The molecule has 0 aliphatic heterocycles. The lowest BCUT2D eigenvalue weighted by molar-refractivity contribution is 0.412. The number of methoxy groups -OCH3 is 1. The number of benzene rings is 1. The normalized spacial score (nSPS) is 10.8. The smallest absolute Gasteiger partial charge is 0.153 e. The third kappa shape index (κ3) is 1.72. The van der Waals surface area contributed by atoms with E-state index in [0.29, 0.717) is 0 Å². The summed E-state index contributed by atoms with van der Waals surface area (Å²) >= 11 is 0. The van der Waals surface area contributed by atoms with Gasteiger partial charge in [0, 0.05) is 18.0 Å². The number of imidazole rings is 1. The summed E-state index contributed by atoms with van der Waals surface area (Å²) in [7, 11) is 1.68. The number of aromatic nitrogens is 3. The third-order valence-electron chi connectivity index (χ3n) is 2.95. The first-order chi connectivity index (χ1) is 8.78. The van der Waals surface area contributed by atoms with E-state index in [1.807, 2.05) is 37.4 Å². The van der Waals surface area contributed by atoms with Crippen LogP contribution in [0, 0.1) is 6.92 Å². The molecular formula is C14H13N3O. The summed E-state index contributed by atoms with van der Waals surface area (Å²) in [4.78, 5) is 4.18. The zero-order valence-corrected chi connectivity index (χ0v) is 10.3. The molecule has 1 aromatic carbocycles. The predicted molar refractivity (Wildman–Crippen MR) is 69.7 cm³/mol. The monoisotopic (exact) mass is 239 g/mol. The molecule has 0 fully saturated rings. The van der Waals surface area contributed by atoms with E-state index < -0.39 is 0 Å². The number of aryl methyl sites for hydroxylation is 1. The lowest BCUT2D eigenvalue weighted by Gasteiger charge is -2.07. The molecule has 0 spiro atoms. The van der Waals surface area contributed by atoms with Gasteiger partial charge in [0.25, 0.3) is 0 Å². The summed E-state index contributed by atoms with van der Waals surface area (Å²) in [6.07, 6.45) is 3.58. The molecule has 0 N–H and O–H groups in total. The first kappa shape index (κ1) is 10.8. The van der Waals surface area contributed by atoms with Gasteiger partial charge in [0.2, 0.25) is 0 Å². The zero-order chi connectivity index (χ0) is 12.5. The first-order valence-corrected chi connectivity index (χ1v) is 5.73. The van der Waals surface area contributed by atoms with Gasteiger partial charge in [-0.05, 0) is 42.8 Å². The van der Waals surface area contributed by atoms with E-state index in [1.165, 1.54) is 0 Å². The molecule has 4 heteroatoms. The van der Waals surface area contributed by atoms with Crippen LogP contribution in [0.2, 0.25) is 0 Å². The largest absolute Gasteiger partial charge is 0.496 e. The molecule has 2 heterocycles. The van der Waals surface area contributed by atoms with E-state index in [1.54, 1.807) is 17.8 Å². The molecule has 0 aliphatic rings. The van der Waals surface area contributed by atoms with Gasteiger partial charge in [-0.2, -0.15) is 5.10 Å². The van der Waals surface area contributed by atoms with Crippen LogP contribution < -0.4 is 4.74 Å². The minimum absolute atomic E-state index is 0.851. The molecule has 0 aliphatic carbocycles. The summed E-state index contributed by atoms with van der Waals surface area (Å²) in [6.45, 7) is 2.03. The van der Waals surface area contributed by atoms with Crippen molar-refractivity contribution < 1.29 is 4.74 Å². The van der Waals surface area contributed by atoms with Crippen LogP contribution in [0.25, 0.3) is 16.9 Å². The highest BCUT2D eigenvalue weighted by Crippen LogP contribution is 2.24. The van der Waals surface area contributed by atoms with Crippen molar-refractivity contribution in [3.63, 3.8) is 0 Å². The molecule has 0 amide bonds. The molecule has 2 aromatic heterocycles. The van der Waals surface area contributed by atoms with Crippen molar-refractivity contribution in [1.82, 2.24) is 14.6 Å². The van der Waals surface area contributed by atoms with E-state index in [-0.39, 0.29) is 0 Å². The SMILES string of the molecule is COc1ccc(-c2ccc3nccn3n2)cc1C. The molecule has 3 rings (SSSR count). The molecule has 0 saturated carbocycles. The van der Waals surface area contributed by atoms with Gasteiger partial charge < -0.3 is 4.74 Å². The van der Waals surface area contributed by atoms with E-state index in [4.69, 9.17) is 4.74 Å². The minimum atomic E-state index is 0.851. The van der Waals surface area contributed by atoms with E-state index in [0.717, 1.165) is 28.2 Å². The maximum Gasteiger partial charge on any atom is 0.153 e. The number of fused-ring (bicyclic) bond motifs is 1. The number of rotatable bonds is 2. The highest BCUT2D eigenvalue weighted by Gasteiger charge is 2.04. The van der Waals surface area contributed by atoms with Gasteiger partial charge in [-0.1, -0.05) is 0 Å². The number of ether oxygens (including phenoxy) is 1. The Kier molecular flexibility index (Phi) is 2.48. The van der Waals surface area contributed by atoms with Crippen molar-refractivity contribution in [2.45, 2.75) is 6.92 Å². The molecule has 18 heavy (non-hydrogen) atoms. The fraction of sp³-hybridized carbons (Fsp3) is 0.143. The van der Waals surface area contributed by atoms with Crippen molar-refractivity contribution in [1.29, 1.82) is 0 Å². The fourth-order valence-electron chi connectivity index (χ4n) is 2.01. The van der Waals surface area contributed by atoms with Gasteiger partial charge >= 0.3 is 0 Å². The standard InChI is InChI=1S/C14H13N3O/c1-10-9-11(3-5-13(10)18-2)12-4-6-14-15-7-8-17(14)16-12/h3-9H,1-2H3. The Morgan fingerprint density at radius 3 is 2.83 bits per heavy atom. The van der Waals surface area contributed by atoms with Gasteiger partial charge in [0.05, 0.1) is 12.8 Å². The molecule has 0 bridgehead atoms.